The summed E-state index contributed by atoms with van der Waals surface area (Å²) < 4.78 is 0. The quantitative estimate of drug-likeness (QED) is 0.754. The van der Waals surface area contributed by atoms with Crippen molar-refractivity contribution >= 4 is 0 Å². The lowest BCUT2D eigenvalue weighted by molar-refractivity contribution is 0.167. The average Bonchev–Trinajstić information content (AvgIpc) is 3.03. The maximum Gasteiger partial charge on any atom is 0.0793 e. The third-order valence-corrected chi connectivity index (χ3v) is 3.56. The molecule has 106 valence electrons. The van der Waals surface area contributed by atoms with Crippen molar-refractivity contribution < 1.29 is 5.11 Å². The Morgan fingerprint density at radius 1 is 1.05 bits per heavy atom. The fourth-order valence-corrected chi connectivity index (χ4v) is 2.41. The first-order valence-electron chi connectivity index (χ1n) is 7.00. The van der Waals surface area contributed by atoms with Gasteiger partial charge in [0.15, 0.2) is 0 Å². The highest BCUT2D eigenvalue weighted by atomic mass is 16.3. The van der Waals surface area contributed by atoms with Crippen LogP contribution >= 0.6 is 0 Å². The summed E-state index contributed by atoms with van der Waals surface area (Å²) in [6.07, 6.45) is 6.30. The lowest BCUT2D eigenvalue weighted by Crippen LogP contribution is -2.00. The van der Waals surface area contributed by atoms with E-state index in [1.165, 1.54) is 0 Å². The van der Waals surface area contributed by atoms with Crippen molar-refractivity contribution in [2.75, 3.05) is 0 Å². The summed E-state index contributed by atoms with van der Waals surface area (Å²) in [5.74, 6) is 0. The van der Waals surface area contributed by atoms with Crippen molar-refractivity contribution in [1.82, 2.24) is 15.2 Å². The third kappa shape index (κ3) is 3.17. The van der Waals surface area contributed by atoms with E-state index >= 15 is 0 Å². The van der Waals surface area contributed by atoms with Crippen LogP contribution in [-0.2, 0) is 6.42 Å². The van der Waals surface area contributed by atoms with Crippen LogP contribution in [0.15, 0.2) is 61.1 Å². The van der Waals surface area contributed by atoms with Crippen molar-refractivity contribution in [2.24, 2.45) is 0 Å². The van der Waals surface area contributed by atoms with E-state index in [9.17, 15) is 5.11 Å². The number of aliphatic hydroxyl groups excluding tert-OH is 1. The lowest BCUT2D eigenvalue weighted by atomic mass is 10.0. The van der Waals surface area contributed by atoms with Crippen LogP contribution in [0.25, 0.3) is 11.1 Å². The predicted molar refractivity (Wildman–Crippen MR) is 81.5 cm³/mol. The minimum absolute atomic E-state index is 0.459. The van der Waals surface area contributed by atoms with Gasteiger partial charge in [-0.1, -0.05) is 30.3 Å². The van der Waals surface area contributed by atoms with Crippen molar-refractivity contribution in [3.8, 4) is 11.1 Å². The molecule has 0 aliphatic heterocycles. The standard InChI is InChI=1S/C17H17N3O/c21-17(14-4-2-1-3-5-14)7-6-16-15(12-19-20-16)13-8-10-18-11-9-13/h1-5,8-12,17,21H,6-7H2,(H,19,20). The molecule has 21 heavy (non-hydrogen) atoms. The van der Waals surface area contributed by atoms with Crippen molar-refractivity contribution in [1.29, 1.82) is 0 Å². The van der Waals surface area contributed by atoms with Crippen LogP contribution in [0, 0.1) is 0 Å². The molecule has 0 bridgehead atoms. The van der Waals surface area contributed by atoms with Gasteiger partial charge in [0.1, 0.15) is 0 Å². The molecule has 2 heterocycles. The van der Waals surface area contributed by atoms with E-state index in [4.69, 9.17) is 0 Å². The van der Waals surface area contributed by atoms with Gasteiger partial charge >= 0.3 is 0 Å². The van der Waals surface area contributed by atoms with E-state index in [1.54, 1.807) is 12.4 Å². The van der Waals surface area contributed by atoms with E-state index in [0.717, 1.165) is 28.8 Å². The van der Waals surface area contributed by atoms with Gasteiger partial charge in [-0.05, 0) is 36.1 Å². The summed E-state index contributed by atoms with van der Waals surface area (Å²) in [5, 5.41) is 17.4. The van der Waals surface area contributed by atoms with Crippen LogP contribution < -0.4 is 0 Å². The average molecular weight is 279 g/mol. The number of nitrogens with zero attached hydrogens (tertiary/aromatic N) is 2. The molecule has 0 saturated heterocycles. The Hall–Kier alpha value is -2.46. The third-order valence-electron chi connectivity index (χ3n) is 3.56. The second-order valence-electron chi connectivity index (χ2n) is 4.96. The number of pyridine rings is 1. The molecule has 0 radical (unpaired) electrons. The topological polar surface area (TPSA) is 61.8 Å². The summed E-state index contributed by atoms with van der Waals surface area (Å²) >= 11 is 0. The Balaban J connectivity index is 1.71. The molecular weight excluding hydrogens is 262 g/mol. The van der Waals surface area contributed by atoms with Crippen LogP contribution in [0.2, 0.25) is 0 Å². The van der Waals surface area contributed by atoms with E-state index in [1.807, 2.05) is 48.7 Å². The first kappa shape index (κ1) is 13.5. The highest BCUT2D eigenvalue weighted by molar-refractivity contribution is 5.64. The molecule has 1 aromatic carbocycles. The smallest absolute Gasteiger partial charge is 0.0793 e. The summed E-state index contributed by atoms with van der Waals surface area (Å²) in [6.45, 7) is 0. The number of nitrogens with one attached hydrogen (secondary N) is 1. The van der Waals surface area contributed by atoms with Crippen LogP contribution in [0.5, 0.6) is 0 Å². The molecule has 2 aromatic heterocycles. The maximum absolute atomic E-state index is 10.2. The van der Waals surface area contributed by atoms with Crippen molar-refractivity contribution in [3.05, 3.63) is 72.3 Å². The Kier molecular flexibility index (Phi) is 4.07. The Bertz CT molecular complexity index is 680. The summed E-state index contributed by atoms with van der Waals surface area (Å²) in [5.41, 5.74) is 4.14. The fraction of sp³-hybridized carbons (Fsp3) is 0.176. The number of aromatic amines is 1. The molecule has 0 saturated carbocycles. The fourth-order valence-electron chi connectivity index (χ4n) is 2.41. The second kappa shape index (κ2) is 6.33. The molecule has 4 heteroatoms. The second-order valence-corrected chi connectivity index (χ2v) is 4.96. The molecule has 3 aromatic rings. The molecule has 4 nitrogen and oxygen atoms in total. The van der Waals surface area contributed by atoms with Gasteiger partial charge in [0.05, 0.1) is 12.3 Å². The molecule has 0 spiro atoms. The summed E-state index contributed by atoms with van der Waals surface area (Å²) in [7, 11) is 0. The van der Waals surface area contributed by atoms with Crippen LogP contribution in [0.3, 0.4) is 0 Å². The molecule has 0 aliphatic carbocycles. The Labute approximate surface area is 123 Å². The Morgan fingerprint density at radius 3 is 2.57 bits per heavy atom. The van der Waals surface area contributed by atoms with E-state index in [2.05, 4.69) is 15.2 Å². The maximum atomic E-state index is 10.2. The number of H-pyrrole nitrogens is 1. The van der Waals surface area contributed by atoms with Crippen LogP contribution in [-0.4, -0.2) is 20.3 Å². The summed E-state index contributed by atoms with van der Waals surface area (Å²) in [4.78, 5) is 4.03. The number of aliphatic hydroxyl groups is 1. The minimum atomic E-state index is -0.459. The first-order chi connectivity index (χ1) is 10.3. The first-order valence-corrected chi connectivity index (χ1v) is 7.00. The molecular formula is C17H17N3O. The zero-order chi connectivity index (χ0) is 14.5. The molecule has 0 aliphatic rings. The number of hydrogen-bond donors (Lipinski definition) is 2. The van der Waals surface area contributed by atoms with E-state index in [-0.39, 0.29) is 0 Å². The molecule has 0 fully saturated rings. The number of benzene rings is 1. The molecule has 2 N–H and O–H groups in total. The normalized spacial score (nSPS) is 12.2. The number of rotatable bonds is 5. The van der Waals surface area contributed by atoms with Gasteiger partial charge < -0.3 is 5.11 Å². The number of aromatic nitrogens is 3. The van der Waals surface area contributed by atoms with Crippen molar-refractivity contribution in [2.45, 2.75) is 18.9 Å². The van der Waals surface area contributed by atoms with Crippen LogP contribution in [0.4, 0.5) is 0 Å². The van der Waals surface area contributed by atoms with Gasteiger partial charge in [0.2, 0.25) is 0 Å². The highest BCUT2D eigenvalue weighted by Crippen LogP contribution is 2.24. The van der Waals surface area contributed by atoms with Crippen LogP contribution in [0.1, 0.15) is 23.8 Å². The molecule has 0 amide bonds. The monoisotopic (exact) mass is 279 g/mol. The van der Waals surface area contributed by atoms with Gasteiger partial charge in [-0.25, -0.2) is 0 Å². The molecule has 1 unspecified atom stereocenters. The lowest BCUT2D eigenvalue weighted by Gasteiger charge is -2.10. The van der Waals surface area contributed by atoms with E-state index in [0.29, 0.717) is 6.42 Å². The minimum Gasteiger partial charge on any atom is -0.388 e. The zero-order valence-corrected chi connectivity index (χ0v) is 11.6. The highest BCUT2D eigenvalue weighted by Gasteiger charge is 2.11. The zero-order valence-electron chi connectivity index (χ0n) is 11.6. The summed E-state index contributed by atoms with van der Waals surface area (Å²) in [6, 6.07) is 13.6. The van der Waals surface area contributed by atoms with Gasteiger partial charge in [0, 0.05) is 23.7 Å². The SMILES string of the molecule is OC(CCc1[nH]ncc1-c1ccncc1)c1ccccc1. The van der Waals surface area contributed by atoms with Gasteiger partial charge in [-0.2, -0.15) is 5.10 Å². The van der Waals surface area contributed by atoms with E-state index < -0.39 is 6.10 Å². The molecule has 1 atom stereocenters. The Morgan fingerprint density at radius 2 is 1.81 bits per heavy atom. The van der Waals surface area contributed by atoms with Gasteiger partial charge in [-0.15, -0.1) is 0 Å². The van der Waals surface area contributed by atoms with Crippen molar-refractivity contribution in [3.63, 3.8) is 0 Å². The number of hydrogen-bond acceptors (Lipinski definition) is 3. The largest absolute Gasteiger partial charge is 0.388 e. The number of aryl methyl sites for hydroxylation is 1. The van der Waals surface area contributed by atoms with Gasteiger partial charge in [0.25, 0.3) is 0 Å². The molecule has 3 rings (SSSR count). The predicted octanol–water partition coefficient (Wildman–Crippen LogP) is 3.14. The van der Waals surface area contributed by atoms with Gasteiger partial charge in [-0.3, -0.25) is 10.1 Å².